The van der Waals surface area contributed by atoms with E-state index in [0.717, 1.165) is 6.92 Å². The number of carbonyl (C=O) groups is 2. The lowest BCUT2D eigenvalue weighted by Gasteiger charge is -2.47. The fraction of sp³-hybridized carbons (Fsp3) is 0.913. The van der Waals surface area contributed by atoms with Crippen LogP contribution in [0.15, 0.2) is 0 Å². The number of ether oxygens (including phenoxy) is 5. The molecule has 3 aliphatic rings. The van der Waals surface area contributed by atoms with Crippen LogP contribution in [0.25, 0.3) is 0 Å². The molecule has 3 fully saturated rings. The summed E-state index contributed by atoms with van der Waals surface area (Å²) >= 11 is 0. The van der Waals surface area contributed by atoms with Crippen molar-refractivity contribution in [1.29, 1.82) is 0 Å². The van der Waals surface area contributed by atoms with Crippen LogP contribution in [-0.2, 0) is 33.3 Å². The maximum absolute atomic E-state index is 12.3. The number of rotatable bonds is 11. The minimum Gasteiger partial charge on any atom is -0.477 e. The first-order valence-corrected chi connectivity index (χ1v) is 13.1. The van der Waals surface area contributed by atoms with E-state index < -0.39 is 136 Å². The number of hydrogen-bond donors (Lipinski definition) is 12. The van der Waals surface area contributed by atoms with Crippen LogP contribution >= 0.6 is 0 Å². The molecule has 15 atom stereocenters. The molecule has 0 aromatic carbocycles. The zero-order valence-electron chi connectivity index (χ0n) is 22.4. The Bertz CT molecular complexity index is 911. The van der Waals surface area contributed by atoms with Crippen molar-refractivity contribution >= 4 is 11.9 Å². The smallest absolute Gasteiger partial charge is 0.364 e. The molecule has 19 heteroatoms. The Morgan fingerprint density at radius 1 is 0.929 bits per heavy atom. The summed E-state index contributed by atoms with van der Waals surface area (Å²) in [4.78, 5) is 24.0. The summed E-state index contributed by atoms with van der Waals surface area (Å²) in [5, 5.41) is 113. The highest BCUT2D eigenvalue weighted by molar-refractivity contribution is 5.76. The third-order valence-electron chi connectivity index (χ3n) is 7.33. The summed E-state index contributed by atoms with van der Waals surface area (Å²) in [6.07, 6.45) is -23.7. The summed E-state index contributed by atoms with van der Waals surface area (Å²) in [5.74, 6) is -5.01. The van der Waals surface area contributed by atoms with E-state index in [0.29, 0.717) is 0 Å². The van der Waals surface area contributed by atoms with Crippen molar-refractivity contribution in [1.82, 2.24) is 5.32 Å². The summed E-state index contributed by atoms with van der Waals surface area (Å²) in [7, 11) is 0. The van der Waals surface area contributed by atoms with Gasteiger partial charge in [0.05, 0.1) is 44.2 Å². The molecule has 244 valence electrons. The second-order valence-electron chi connectivity index (χ2n) is 10.4. The zero-order valence-corrected chi connectivity index (χ0v) is 22.4. The quantitative estimate of drug-likeness (QED) is 0.102. The van der Waals surface area contributed by atoms with E-state index >= 15 is 0 Å². The van der Waals surface area contributed by atoms with Crippen LogP contribution in [0.3, 0.4) is 0 Å². The van der Waals surface area contributed by atoms with Gasteiger partial charge in [0, 0.05) is 19.8 Å². The van der Waals surface area contributed by atoms with Gasteiger partial charge in [-0.1, -0.05) is 0 Å². The van der Waals surface area contributed by atoms with Gasteiger partial charge in [0.2, 0.25) is 5.91 Å². The van der Waals surface area contributed by atoms with Crippen molar-refractivity contribution in [3.8, 4) is 0 Å². The first-order chi connectivity index (χ1) is 19.6. The van der Waals surface area contributed by atoms with Crippen molar-refractivity contribution in [2.75, 3.05) is 19.8 Å². The largest absolute Gasteiger partial charge is 0.477 e. The topological polar surface area (TPSA) is 315 Å². The fourth-order valence-corrected chi connectivity index (χ4v) is 5.04. The number of hydrogen-bond acceptors (Lipinski definition) is 17. The molecule has 0 aromatic heterocycles. The fourth-order valence-electron chi connectivity index (χ4n) is 5.04. The maximum Gasteiger partial charge on any atom is 0.364 e. The van der Waals surface area contributed by atoms with Gasteiger partial charge in [-0.3, -0.25) is 4.79 Å². The zero-order chi connectivity index (χ0) is 31.5. The normalized spacial score (nSPS) is 45.3. The Morgan fingerprint density at radius 2 is 1.60 bits per heavy atom. The predicted molar refractivity (Wildman–Crippen MR) is 129 cm³/mol. The molecule has 0 bridgehead atoms. The minimum atomic E-state index is -2.65. The maximum atomic E-state index is 12.3. The summed E-state index contributed by atoms with van der Waals surface area (Å²) in [6, 6.07) is -1.21. The van der Waals surface area contributed by atoms with E-state index in [1.54, 1.807) is 0 Å². The lowest BCUT2D eigenvalue weighted by atomic mass is 9.90. The van der Waals surface area contributed by atoms with Gasteiger partial charge in [0.1, 0.15) is 48.8 Å². The Hall–Kier alpha value is -1.66. The van der Waals surface area contributed by atoms with Gasteiger partial charge in [-0.2, -0.15) is 0 Å². The van der Waals surface area contributed by atoms with Gasteiger partial charge in [-0.15, -0.1) is 0 Å². The van der Waals surface area contributed by atoms with Crippen molar-refractivity contribution < 1.29 is 89.4 Å². The van der Waals surface area contributed by atoms with Gasteiger partial charge >= 0.3 is 5.97 Å². The van der Waals surface area contributed by atoms with E-state index in [2.05, 4.69) is 5.32 Å². The molecule has 3 saturated heterocycles. The standard InChI is InChI=1S/C23H39NO18/c1-7(27)24-13-9(29)3-23(22(36)37,42-10(13)2-8(28)4-25)38-6-12-14(30)15(31)18(34)21(40-12)41-19-11(5-26)39-20(35)17(33)16(19)32/h8-21,25-26,28-35H,2-6H2,1H3,(H,24,27)(H,36,37)/t8-,9+,10?,11?,12?,13?,14?,15?,16?,17?,18?,19?,20?,21?,23+/m0/s1. The Labute approximate surface area is 238 Å². The molecule has 1 amide bonds. The molecule has 0 aromatic rings. The van der Waals surface area contributed by atoms with Gasteiger partial charge in [-0.05, 0) is 0 Å². The second kappa shape index (κ2) is 14.4. The van der Waals surface area contributed by atoms with Gasteiger partial charge in [0.25, 0.3) is 5.79 Å². The Morgan fingerprint density at radius 3 is 2.17 bits per heavy atom. The molecule has 3 rings (SSSR count). The number of nitrogens with one attached hydrogen (secondary N) is 1. The van der Waals surface area contributed by atoms with Crippen LogP contribution in [0.5, 0.6) is 0 Å². The Balaban J connectivity index is 1.78. The van der Waals surface area contributed by atoms with E-state index in [1.807, 2.05) is 0 Å². The number of carboxylic acids is 1. The predicted octanol–water partition coefficient (Wildman–Crippen LogP) is -7.19. The molecule has 19 nitrogen and oxygen atoms in total. The van der Waals surface area contributed by atoms with E-state index in [-0.39, 0.29) is 0 Å². The highest BCUT2D eigenvalue weighted by Gasteiger charge is 2.55. The number of aliphatic hydroxyl groups is 10. The van der Waals surface area contributed by atoms with Gasteiger partial charge < -0.3 is 85.2 Å². The molecule has 42 heavy (non-hydrogen) atoms. The number of aliphatic hydroxyl groups excluding tert-OH is 10. The molecule has 3 aliphatic heterocycles. The summed E-state index contributed by atoms with van der Waals surface area (Å²) < 4.78 is 27.0. The molecule has 3 heterocycles. The van der Waals surface area contributed by atoms with Crippen LogP contribution in [0.4, 0.5) is 0 Å². The molecule has 0 spiro atoms. The average molecular weight is 618 g/mol. The van der Waals surface area contributed by atoms with E-state index in [4.69, 9.17) is 23.7 Å². The molecule has 12 unspecified atom stereocenters. The van der Waals surface area contributed by atoms with Crippen molar-refractivity contribution in [3.63, 3.8) is 0 Å². The molecule has 0 aliphatic carbocycles. The first kappa shape index (κ1) is 34.8. The van der Waals surface area contributed by atoms with Gasteiger partial charge in [0.15, 0.2) is 12.6 Å². The molecule has 0 radical (unpaired) electrons. The summed E-state index contributed by atoms with van der Waals surface area (Å²) in [5.41, 5.74) is 0. The number of carbonyl (C=O) groups excluding carboxylic acids is 1. The highest BCUT2D eigenvalue weighted by Crippen LogP contribution is 2.35. The molecular formula is C23H39NO18. The lowest BCUT2D eigenvalue weighted by molar-refractivity contribution is -0.363. The van der Waals surface area contributed by atoms with Crippen LogP contribution in [0.1, 0.15) is 19.8 Å². The van der Waals surface area contributed by atoms with Crippen molar-refractivity contribution in [2.24, 2.45) is 0 Å². The third kappa shape index (κ3) is 7.52. The first-order valence-electron chi connectivity index (χ1n) is 13.1. The van der Waals surface area contributed by atoms with Crippen LogP contribution in [0.2, 0.25) is 0 Å². The number of amides is 1. The van der Waals surface area contributed by atoms with Crippen molar-refractivity contribution in [2.45, 2.75) is 111 Å². The highest BCUT2D eigenvalue weighted by atomic mass is 16.8. The third-order valence-corrected chi connectivity index (χ3v) is 7.33. The van der Waals surface area contributed by atoms with Crippen LogP contribution < -0.4 is 5.32 Å². The monoisotopic (exact) mass is 617 g/mol. The van der Waals surface area contributed by atoms with Crippen LogP contribution in [0, 0.1) is 0 Å². The van der Waals surface area contributed by atoms with E-state index in [1.165, 1.54) is 0 Å². The minimum absolute atomic E-state index is 0.432. The second-order valence-corrected chi connectivity index (χ2v) is 10.4. The average Bonchev–Trinajstić information content (AvgIpc) is 2.93. The molecular weight excluding hydrogens is 578 g/mol. The van der Waals surface area contributed by atoms with E-state index in [9.17, 15) is 65.8 Å². The number of carboxylic acid groups (broad SMARTS) is 1. The Kier molecular flexibility index (Phi) is 12.0. The lowest BCUT2D eigenvalue weighted by Crippen LogP contribution is -2.66. The molecule has 0 saturated carbocycles. The number of aliphatic carboxylic acids is 1. The molecule has 12 N–H and O–H groups in total. The van der Waals surface area contributed by atoms with Crippen LogP contribution in [-0.4, -0.2) is 179 Å². The summed E-state index contributed by atoms with van der Waals surface area (Å²) in [6.45, 7) is -1.32. The van der Waals surface area contributed by atoms with Crippen molar-refractivity contribution in [3.05, 3.63) is 0 Å². The SMILES string of the molecule is CC(=O)NC1C(C[C@H](O)CO)O[C@@](OCC2OC(OC3C(CO)OC(O)C(O)C3O)C(O)C(O)C2O)(C(=O)O)C[C@H]1O. The van der Waals surface area contributed by atoms with Gasteiger partial charge in [-0.25, -0.2) is 4.79 Å².